The smallest absolute Gasteiger partial charge is 0.319 e. The van der Waals surface area contributed by atoms with Gasteiger partial charge in [0.15, 0.2) is 11.5 Å². The van der Waals surface area contributed by atoms with E-state index < -0.39 is 11.9 Å². The molecular formula is C22H20N2O5. The summed E-state index contributed by atoms with van der Waals surface area (Å²) in [4.78, 5) is 27.9. The fourth-order valence-electron chi connectivity index (χ4n) is 4.20. The number of benzene rings is 2. The van der Waals surface area contributed by atoms with Crippen LogP contribution in [0, 0.1) is 0 Å². The van der Waals surface area contributed by atoms with Gasteiger partial charge in [0.05, 0.1) is 18.5 Å². The molecule has 3 aliphatic heterocycles. The summed E-state index contributed by atoms with van der Waals surface area (Å²) < 4.78 is 16.1. The van der Waals surface area contributed by atoms with E-state index in [0.717, 1.165) is 17.7 Å². The first-order valence-corrected chi connectivity index (χ1v) is 9.55. The number of esters is 1. The molecule has 0 radical (unpaired) electrons. The molecule has 0 spiro atoms. The Morgan fingerprint density at radius 1 is 1.17 bits per heavy atom. The molecule has 0 saturated carbocycles. The maximum absolute atomic E-state index is 13.3. The van der Waals surface area contributed by atoms with Gasteiger partial charge >= 0.3 is 5.97 Å². The van der Waals surface area contributed by atoms with Gasteiger partial charge < -0.3 is 24.4 Å². The molecule has 0 fully saturated rings. The number of amides is 1. The van der Waals surface area contributed by atoms with Gasteiger partial charge in [-0.25, -0.2) is 0 Å². The van der Waals surface area contributed by atoms with Crippen LogP contribution in [0.4, 0.5) is 0 Å². The minimum Gasteiger partial charge on any atom is -0.468 e. The predicted molar refractivity (Wildman–Crippen MR) is 104 cm³/mol. The molecule has 1 N–H and O–H groups in total. The molecule has 5 rings (SSSR count). The molecule has 3 aliphatic rings. The summed E-state index contributed by atoms with van der Waals surface area (Å²) in [5, 5.41) is 3.43. The van der Waals surface area contributed by atoms with Crippen molar-refractivity contribution in [1.82, 2.24) is 10.2 Å². The lowest BCUT2D eigenvalue weighted by Crippen LogP contribution is -2.41. The molecule has 2 aromatic rings. The number of fused-ring (bicyclic) bond motifs is 3. The second-order valence-electron chi connectivity index (χ2n) is 7.11. The van der Waals surface area contributed by atoms with E-state index in [4.69, 9.17) is 14.2 Å². The molecule has 7 heteroatoms. The molecule has 0 saturated heterocycles. The average Bonchev–Trinajstić information content (AvgIpc) is 3.11. The van der Waals surface area contributed by atoms with Gasteiger partial charge in [-0.15, -0.1) is 0 Å². The molecule has 0 bridgehead atoms. The van der Waals surface area contributed by atoms with Crippen LogP contribution in [0.25, 0.3) is 5.70 Å². The van der Waals surface area contributed by atoms with E-state index in [0.29, 0.717) is 41.4 Å². The van der Waals surface area contributed by atoms with Crippen molar-refractivity contribution in [3.05, 3.63) is 64.9 Å². The lowest BCUT2D eigenvalue weighted by atomic mass is 9.84. The molecular weight excluding hydrogens is 372 g/mol. The Morgan fingerprint density at radius 2 is 2.00 bits per heavy atom. The van der Waals surface area contributed by atoms with Crippen molar-refractivity contribution < 1.29 is 23.8 Å². The lowest BCUT2D eigenvalue weighted by Gasteiger charge is -2.36. The van der Waals surface area contributed by atoms with Crippen LogP contribution in [0.15, 0.2) is 48.2 Å². The van der Waals surface area contributed by atoms with Crippen LogP contribution in [0.5, 0.6) is 11.5 Å². The van der Waals surface area contributed by atoms with E-state index in [-0.39, 0.29) is 12.7 Å². The summed E-state index contributed by atoms with van der Waals surface area (Å²) in [6.45, 7) is 1.39. The zero-order valence-corrected chi connectivity index (χ0v) is 15.9. The van der Waals surface area contributed by atoms with Gasteiger partial charge in [0.2, 0.25) is 6.79 Å². The second kappa shape index (κ2) is 6.84. The van der Waals surface area contributed by atoms with Crippen molar-refractivity contribution in [2.45, 2.75) is 12.3 Å². The zero-order valence-electron chi connectivity index (χ0n) is 15.9. The summed E-state index contributed by atoms with van der Waals surface area (Å²) in [6, 6.07) is 12.9. The second-order valence-corrected chi connectivity index (χ2v) is 7.11. The van der Waals surface area contributed by atoms with E-state index in [2.05, 4.69) is 5.32 Å². The molecule has 148 valence electrons. The number of rotatable bonds is 2. The van der Waals surface area contributed by atoms with Gasteiger partial charge in [-0.1, -0.05) is 18.2 Å². The van der Waals surface area contributed by atoms with Gasteiger partial charge in [0, 0.05) is 24.2 Å². The van der Waals surface area contributed by atoms with Crippen molar-refractivity contribution in [2.24, 2.45) is 0 Å². The van der Waals surface area contributed by atoms with Gasteiger partial charge in [0.25, 0.3) is 5.91 Å². The maximum atomic E-state index is 13.3. The minimum atomic E-state index is -0.695. The highest BCUT2D eigenvalue weighted by Crippen LogP contribution is 2.42. The zero-order chi connectivity index (χ0) is 20.0. The first-order valence-electron chi connectivity index (χ1n) is 9.55. The van der Waals surface area contributed by atoms with Crippen molar-refractivity contribution in [2.75, 3.05) is 27.0 Å². The summed E-state index contributed by atoms with van der Waals surface area (Å²) >= 11 is 0. The Kier molecular flexibility index (Phi) is 4.16. The van der Waals surface area contributed by atoms with Crippen LogP contribution in [-0.4, -0.2) is 43.8 Å². The Bertz CT molecular complexity index is 1050. The van der Waals surface area contributed by atoms with Crippen molar-refractivity contribution in [3.8, 4) is 11.5 Å². The number of nitrogens with one attached hydrogen (secondary N) is 1. The molecule has 1 unspecified atom stereocenters. The summed E-state index contributed by atoms with van der Waals surface area (Å²) in [7, 11) is 1.37. The third-order valence-corrected chi connectivity index (χ3v) is 5.53. The van der Waals surface area contributed by atoms with Crippen LogP contribution in [-0.2, 0) is 9.53 Å². The van der Waals surface area contributed by atoms with Crippen molar-refractivity contribution in [3.63, 3.8) is 0 Å². The number of ether oxygens (including phenoxy) is 3. The predicted octanol–water partition coefficient (Wildman–Crippen LogP) is 2.49. The molecule has 29 heavy (non-hydrogen) atoms. The maximum Gasteiger partial charge on any atom is 0.319 e. The number of carbonyl (C=O) groups excluding carboxylic acids is 2. The van der Waals surface area contributed by atoms with Gasteiger partial charge in [-0.3, -0.25) is 9.59 Å². The van der Waals surface area contributed by atoms with Crippen LogP contribution >= 0.6 is 0 Å². The Labute approximate surface area is 167 Å². The monoisotopic (exact) mass is 392 g/mol. The highest BCUT2D eigenvalue weighted by atomic mass is 16.7. The number of hydrogen-bond donors (Lipinski definition) is 1. The van der Waals surface area contributed by atoms with Gasteiger partial charge in [-0.2, -0.15) is 0 Å². The topological polar surface area (TPSA) is 77.1 Å². The first kappa shape index (κ1) is 17.6. The summed E-state index contributed by atoms with van der Waals surface area (Å²) in [5.74, 6) is 0.134. The number of methoxy groups -OCH3 is 1. The molecule has 0 aliphatic carbocycles. The first-order chi connectivity index (χ1) is 14.2. The highest BCUT2D eigenvalue weighted by Gasteiger charge is 2.42. The molecule has 1 atom stereocenters. The van der Waals surface area contributed by atoms with Gasteiger partial charge in [-0.05, 0) is 36.2 Å². The average molecular weight is 392 g/mol. The van der Waals surface area contributed by atoms with E-state index in [1.165, 1.54) is 7.11 Å². The van der Waals surface area contributed by atoms with E-state index in [1.54, 1.807) is 11.0 Å². The van der Waals surface area contributed by atoms with E-state index in [9.17, 15) is 9.59 Å². The quantitative estimate of drug-likeness (QED) is 0.792. The van der Waals surface area contributed by atoms with Crippen LogP contribution < -0.4 is 14.8 Å². The number of hydrogen-bond acceptors (Lipinski definition) is 6. The fraction of sp³-hybridized carbons (Fsp3) is 0.273. The molecule has 2 aromatic carbocycles. The summed E-state index contributed by atoms with van der Waals surface area (Å²) in [6.07, 6.45) is 0.763. The number of nitrogens with zero attached hydrogens (tertiary/aromatic N) is 1. The fourth-order valence-corrected chi connectivity index (χ4v) is 4.20. The molecule has 7 nitrogen and oxygen atoms in total. The largest absolute Gasteiger partial charge is 0.468 e. The van der Waals surface area contributed by atoms with Crippen molar-refractivity contribution >= 4 is 17.6 Å². The standard InChI is InChI=1S/C22H20N2O5/c1-27-22(26)18-14-5-2-3-6-15(14)21(25)24-10-4-9-23-19(20(18)24)13-7-8-16-17(11-13)29-12-28-16/h2-3,5-8,11,18,23H,4,9-10,12H2,1H3. The molecule has 1 amide bonds. The van der Waals surface area contributed by atoms with Gasteiger partial charge in [0.1, 0.15) is 5.92 Å². The van der Waals surface area contributed by atoms with Crippen LogP contribution in [0.1, 0.15) is 33.8 Å². The molecule has 0 aromatic heterocycles. The Hall–Kier alpha value is -3.48. The van der Waals surface area contributed by atoms with E-state index >= 15 is 0 Å². The SMILES string of the molecule is COC(=O)C1C2=C(c3ccc4c(c3)OCO4)NCCCN2C(=O)c2ccccc21. The normalized spacial score (nSPS) is 19.8. The lowest BCUT2D eigenvalue weighted by molar-refractivity contribution is -0.141. The molecule has 3 heterocycles. The minimum absolute atomic E-state index is 0.0994. The van der Waals surface area contributed by atoms with Crippen LogP contribution in [0.2, 0.25) is 0 Å². The summed E-state index contributed by atoms with van der Waals surface area (Å²) in [5.41, 5.74) is 3.39. The highest BCUT2D eigenvalue weighted by molar-refractivity contribution is 6.04. The van der Waals surface area contributed by atoms with E-state index in [1.807, 2.05) is 36.4 Å². The third-order valence-electron chi connectivity index (χ3n) is 5.53. The number of carbonyl (C=O) groups is 2. The third kappa shape index (κ3) is 2.73. The van der Waals surface area contributed by atoms with Crippen molar-refractivity contribution in [1.29, 1.82) is 0 Å². The Morgan fingerprint density at radius 3 is 2.86 bits per heavy atom. The van der Waals surface area contributed by atoms with Crippen LogP contribution in [0.3, 0.4) is 0 Å². The Balaban J connectivity index is 1.76.